The normalized spacial score (nSPS) is 8.32. The molecule has 0 aliphatic carbocycles. The maximum Gasteiger partial charge on any atom is 0.321 e. The molecule has 0 radical (unpaired) electrons. The molecule has 0 aromatic rings. The Morgan fingerprint density at radius 2 is 1.53 bits per heavy atom. The molecule has 0 N–H and O–H groups in total. The van der Waals surface area contributed by atoms with Crippen LogP contribution in [0.25, 0.3) is 0 Å². The minimum atomic E-state index is -1.10. The smallest absolute Gasteiger partial charge is 0.321 e. The number of nitriles is 1. The van der Waals surface area contributed by atoms with Crippen LogP contribution in [-0.2, 0) is 19.1 Å². The molecule has 5 heteroatoms. The quantitative estimate of drug-likeness (QED) is 0.405. The van der Waals surface area contributed by atoms with Crippen LogP contribution >= 0.6 is 0 Å². The first-order valence-electron chi connectivity index (χ1n) is 5.66. The molecule has 0 fully saturated rings. The van der Waals surface area contributed by atoms with Crippen LogP contribution in [0.5, 0.6) is 0 Å². The van der Waals surface area contributed by atoms with Crippen molar-refractivity contribution < 1.29 is 19.1 Å². The zero-order chi connectivity index (χ0) is 14.5. The Morgan fingerprint density at radius 1 is 1.05 bits per heavy atom. The van der Waals surface area contributed by atoms with Gasteiger partial charge in [-0.05, 0) is 20.3 Å². The lowest BCUT2D eigenvalue weighted by atomic mass is 10.0. The van der Waals surface area contributed by atoms with Crippen molar-refractivity contribution in [3.63, 3.8) is 0 Å². The number of hydrogen-bond donors (Lipinski definition) is 0. The first-order chi connectivity index (χ1) is 9.17. The number of ether oxygens (including phenoxy) is 2. The van der Waals surface area contributed by atoms with Crippen LogP contribution in [0, 0.1) is 40.9 Å². The number of rotatable bonds is 6. The van der Waals surface area contributed by atoms with Gasteiger partial charge in [-0.1, -0.05) is 11.8 Å². The standard InChI is InChI=1S/C14H15NO4/c1-3-5-10-18-13(16)12(8-7-9-15)14(17)19-11-6-4-2/h12H,7-8,10-11H2,1-2H3. The highest BCUT2D eigenvalue weighted by Crippen LogP contribution is 2.11. The Bertz CT molecular complexity index is 432. The molecule has 5 nitrogen and oxygen atoms in total. The summed E-state index contributed by atoms with van der Waals surface area (Å²) in [5.41, 5.74) is 0. The summed E-state index contributed by atoms with van der Waals surface area (Å²) in [7, 11) is 0. The number of carbonyl (C=O) groups is 2. The molecule has 0 spiro atoms. The van der Waals surface area contributed by atoms with Crippen molar-refractivity contribution in [1.29, 1.82) is 5.26 Å². The minimum absolute atomic E-state index is 0.0628. The van der Waals surface area contributed by atoms with Crippen LogP contribution in [0.3, 0.4) is 0 Å². The van der Waals surface area contributed by atoms with Gasteiger partial charge in [-0.15, -0.1) is 11.8 Å². The van der Waals surface area contributed by atoms with Crippen LogP contribution in [0.15, 0.2) is 0 Å². The van der Waals surface area contributed by atoms with Crippen molar-refractivity contribution in [2.45, 2.75) is 26.7 Å². The SMILES string of the molecule is CC#CCOC(=O)C(CCC#N)C(=O)OCC#CC. The Morgan fingerprint density at radius 3 is 1.89 bits per heavy atom. The average Bonchev–Trinajstić information content (AvgIpc) is 2.40. The highest BCUT2D eigenvalue weighted by Gasteiger charge is 2.29. The van der Waals surface area contributed by atoms with E-state index in [1.807, 2.05) is 6.07 Å². The number of esters is 2. The van der Waals surface area contributed by atoms with E-state index < -0.39 is 17.9 Å². The van der Waals surface area contributed by atoms with Gasteiger partial charge in [0, 0.05) is 6.42 Å². The fraction of sp³-hybridized carbons (Fsp3) is 0.500. The molecule has 0 aromatic carbocycles. The van der Waals surface area contributed by atoms with Crippen molar-refractivity contribution in [3.05, 3.63) is 0 Å². The molecule has 19 heavy (non-hydrogen) atoms. The minimum Gasteiger partial charge on any atom is -0.452 e. The van der Waals surface area contributed by atoms with Gasteiger partial charge in [0.1, 0.15) is 0 Å². The monoisotopic (exact) mass is 261 g/mol. The van der Waals surface area contributed by atoms with Crippen LogP contribution in [0.2, 0.25) is 0 Å². The Balaban J connectivity index is 4.52. The number of hydrogen-bond acceptors (Lipinski definition) is 5. The summed E-state index contributed by atoms with van der Waals surface area (Å²) >= 11 is 0. The summed E-state index contributed by atoms with van der Waals surface area (Å²) in [6, 6.07) is 1.87. The van der Waals surface area contributed by atoms with E-state index in [9.17, 15) is 9.59 Å². The van der Waals surface area contributed by atoms with Crippen molar-refractivity contribution in [2.24, 2.45) is 5.92 Å². The van der Waals surface area contributed by atoms with E-state index in [4.69, 9.17) is 14.7 Å². The van der Waals surface area contributed by atoms with E-state index in [1.165, 1.54) is 0 Å². The molecular formula is C14H15NO4. The second-order valence-electron chi connectivity index (χ2n) is 3.32. The lowest BCUT2D eigenvalue weighted by Crippen LogP contribution is -2.28. The zero-order valence-electron chi connectivity index (χ0n) is 11.0. The van der Waals surface area contributed by atoms with Gasteiger partial charge in [0.15, 0.2) is 19.1 Å². The Labute approximate surface area is 112 Å². The number of nitrogens with zero attached hydrogens (tertiary/aromatic N) is 1. The molecular weight excluding hydrogens is 246 g/mol. The second kappa shape index (κ2) is 10.7. The maximum atomic E-state index is 11.7. The second-order valence-corrected chi connectivity index (χ2v) is 3.32. The molecule has 0 saturated heterocycles. The summed E-state index contributed by atoms with van der Waals surface area (Å²) in [6.07, 6.45) is 0.126. The van der Waals surface area contributed by atoms with Gasteiger partial charge >= 0.3 is 11.9 Å². The first-order valence-corrected chi connectivity index (χ1v) is 5.66. The van der Waals surface area contributed by atoms with Crippen LogP contribution in [0.4, 0.5) is 0 Å². The molecule has 100 valence electrons. The molecule has 0 aliphatic rings. The predicted octanol–water partition coefficient (Wildman–Crippen LogP) is 1.04. The van der Waals surface area contributed by atoms with Crippen molar-refractivity contribution in [3.8, 4) is 29.8 Å². The molecule has 0 heterocycles. The van der Waals surface area contributed by atoms with E-state index in [-0.39, 0.29) is 26.1 Å². The largest absolute Gasteiger partial charge is 0.452 e. The molecule has 0 atom stereocenters. The average molecular weight is 261 g/mol. The van der Waals surface area contributed by atoms with E-state index in [1.54, 1.807) is 13.8 Å². The van der Waals surface area contributed by atoms with E-state index in [0.29, 0.717) is 0 Å². The van der Waals surface area contributed by atoms with Crippen LogP contribution in [0.1, 0.15) is 26.7 Å². The summed E-state index contributed by atoms with van der Waals surface area (Å²) < 4.78 is 9.62. The third kappa shape index (κ3) is 7.47. The maximum absolute atomic E-state index is 11.7. The Hall–Kier alpha value is -2.45. The molecule has 0 aromatic heterocycles. The van der Waals surface area contributed by atoms with Gasteiger partial charge in [0.25, 0.3) is 0 Å². The first kappa shape index (κ1) is 16.6. The van der Waals surface area contributed by atoms with E-state index >= 15 is 0 Å². The van der Waals surface area contributed by atoms with Gasteiger partial charge in [0.05, 0.1) is 6.07 Å². The third-order valence-electron chi connectivity index (χ3n) is 2.04. The number of carbonyl (C=O) groups excluding carboxylic acids is 2. The van der Waals surface area contributed by atoms with Crippen molar-refractivity contribution >= 4 is 11.9 Å². The highest BCUT2D eigenvalue weighted by molar-refractivity contribution is 5.95. The lowest BCUT2D eigenvalue weighted by Gasteiger charge is -2.12. The third-order valence-corrected chi connectivity index (χ3v) is 2.04. The zero-order valence-corrected chi connectivity index (χ0v) is 11.0. The summed E-state index contributed by atoms with van der Waals surface area (Å²) in [5.74, 6) is 7.66. The molecule has 0 saturated carbocycles. The molecule has 0 unspecified atom stereocenters. The summed E-state index contributed by atoms with van der Waals surface area (Å²) in [4.78, 5) is 23.3. The van der Waals surface area contributed by atoms with Gasteiger partial charge in [-0.3, -0.25) is 9.59 Å². The van der Waals surface area contributed by atoms with E-state index in [0.717, 1.165) is 0 Å². The highest BCUT2D eigenvalue weighted by atomic mass is 16.6. The molecule has 0 amide bonds. The molecule has 0 bridgehead atoms. The lowest BCUT2D eigenvalue weighted by molar-refractivity contribution is -0.160. The fourth-order valence-electron chi connectivity index (χ4n) is 1.10. The Kier molecular flexibility index (Phi) is 9.31. The van der Waals surface area contributed by atoms with Crippen molar-refractivity contribution in [2.75, 3.05) is 13.2 Å². The van der Waals surface area contributed by atoms with Gasteiger partial charge < -0.3 is 9.47 Å². The van der Waals surface area contributed by atoms with Crippen molar-refractivity contribution in [1.82, 2.24) is 0 Å². The van der Waals surface area contributed by atoms with Crippen LogP contribution in [-0.4, -0.2) is 25.2 Å². The van der Waals surface area contributed by atoms with Crippen LogP contribution < -0.4 is 0 Å². The van der Waals surface area contributed by atoms with Gasteiger partial charge in [0.2, 0.25) is 0 Å². The summed E-state index contributed by atoms with van der Waals surface area (Å²) in [6.45, 7) is 3.05. The fourth-order valence-corrected chi connectivity index (χ4v) is 1.10. The van der Waals surface area contributed by atoms with E-state index in [2.05, 4.69) is 23.7 Å². The van der Waals surface area contributed by atoms with Gasteiger partial charge in [-0.2, -0.15) is 5.26 Å². The van der Waals surface area contributed by atoms with Gasteiger partial charge in [-0.25, -0.2) is 0 Å². The predicted molar refractivity (Wildman–Crippen MR) is 67.2 cm³/mol. The molecule has 0 aliphatic heterocycles. The summed E-state index contributed by atoms with van der Waals surface area (Å²) in [5, 5.41) is 8.51. The molecule has 0 rings (SSSR count). The topological polar surface area (TPSA) is 76.4 Å².